The summed E-state index contributed by atoms with van der Waals surface area (Å²) in [6.07, 6.45) is 3.79. The molecule has 0 bridgehead atoms. The molecule has 1 aromatic carbocycles. The minimum atomic E-state index is -0.918. The Bertz CT molecular complexity index is 582. The summed E-state index contributed by atoms with van der Waals surface area (Å²) in [6.45, 7) is 6.47. The summed E-state index contributed by atoms with van der Waals surface area (Å²) in [7, 11) is 1.60. The molecule has 0 amide bonds. The number of nitrogens with one attached hydrogen (secondary N) is 1. The average molecular weight is 332 g/mol. The molecule has 0 spiro atoms. The van der Waals surface area contributed by atoms with E-state index in [1.165, 1.54) is 19.3 Å². The van der Waals surface area contributed by atoms with Gasteiger partial charge in [0.15, 0.2) is 0 Å². The van der Waals surface area contributed by atoms with E-state index in [-0.39, 0.29) is 5.56 Å². The monoisotopic (exact) mass is 332 g/mol. The van der Waals surface area contributed by atoms with Crippen molar-refractivity contribution < 1.29 is 14.6 Å². The van der Waals surface area contributed by atoms with E-state index in [2.05, 4.69) is 17.1 Å². The lowest BCUT2D eigenvalue weighted by Gasteiger charge is -2.32. The zero-order chi connectivity index (χ0) is 17.1. The standard InChI is InChI=1S/C19H28N2O3/c1-13-9-17(13)20-11-14-5-7-21(8-6-14)12-16-4-3-15(19(22)23)10-18(16)24-2/h3-4,10,13-14,17,20H,5-9,11-12H2,1-2H3,(H,22,23)/t13-,17-/m1/s1. The Morgan fingerprint density at radius 1 is 1.38 bits per heavy atom. The van der Waals surface area contributed by atoms with Crippen LogP contribution in [0.4, 0.5) is 0 Å². The number of rotatable bonds is 7. The van der Waals surface area contributed by atoms with Crippen molar-refractivity contribution in [3.05, 3.63) is 29.3 Å². The smallest absolute Gasteiger partial charge is 0.335 e. The number of carboxylic acid groups (broad SMARTS) is 1. The Labute approximate surface area is 144 Å². The van der Waals surface area contributed by atoms with Crippen LogP contribution >= 0.6 is 0 Å². The van der Waals surface area contributed by atoms with E-state index in [1.54, 1.807) is 19.2 Å². The molecule has 1 saturated heterocycles. The van der Waals surface area contributed by atoms with Gasteiger partial charge in [-0.25, -0.2) is 4.79 Å². The molecule has 0 radical (unpaired) electrons. The molecule has 5 heteroatoms. The summed E-state index contributed by atoms with van der Waals surface area (Å²) in [5.41, 5.74) is 1.33. The van der Waals surface area contributed by atoms with Gasteiger partial charge in [-0.05, 0) is 62.9 Å². The zero-order valence-electron chi connectivity index (χ0n) is 14.6. The van der Waals surface area contributed by atoms with Crippen LogP contribution in [0.2, 0.25) is 0 Å². The quantitative estimate of drug-likeness (QED) is 0.804. The molecule has 0 aromatic heterocycles. The summed E-state index contributed by atoms with van der Waals surface area (Å²) >= 11 is 0. The maximum atomic E-state index is 11.1. The van der Waals surface area contributed by atoms with Gasteiger partial charge in [-0.15, -0.1) is 0 Å². The van der Waals surface area contributed by atoms with E-state index >= 15 is 0 Å². The van der Waals surface area contributed by atoms with Gasteiger partial charge in [0.1, 0.15) is 5.75 Å². The number of likely N-dealkylation sites (tertiary alicyclic amines) is 1. The summed E-state index contributed by atoms with van der Waals surface area (Å²) in [6, 6.07) is 5.92. The van der Waals surface area contributed by atoms with Gasteiger partial charge in [0.2, 0.25) is 0 Å². The molecule has 3 rings (SSSR count). The Hall–Kier alpha value is -1.59. The van der Waals surface area contributed by atoms with Crippen molar-refractivity contribution in [2.45, 2.75) is 38.8 Å². The van der Waals surface area contributed by atoms with E-state index in [4.69, 9.17) is 9.84 Å². The fraction of sp³-hybridized carbons (Fsp3) is 0.632. The number of piperidine rings is 1. The minimum Gasteiger partial charge on any atom is -0.496 e. The fourth-order valence-electron chi connectivity index (χ4n) is 3.52. The van der Waals surface area contributed by atoms with E-state index in [0.717, 1.165) is 49.6 Å². The molecule has 132 valence electrons. The summed E-state index contributed by atoms with van der Waals surface area (Å²) in [5, 5.41) is 12.8. The molecule has 1 aliphatic heterocycles. The number of hydrogen-bond donors (Lipinski definition) is 2. The third-order valence-electron chi connectivity index (χ3n) is 5.41. The number of nitrogens with zero attached hydrogens (tertiary/aromatic N) is 1. The first kappa shape index (κ1) is 17.2. The van der Waals surface area contributed by atoms with Gasteiger partial charge in [0, 0.05) is 18.2 Å². The van der Waals surface area contributed by atoms with E-state index in [1.807, 2.05) is 6.07 Å². The molecule has 1 heterocycles. The van der Waals surface area contributed by atoms with Gasteiger partial charge >= 0.3 is 5.97 Å². The second-order valence-electron chi connectivity index (χ2n) is 7.28. The first-order valence-electron chi connectivity index (χ1n) is 8.92. The van der Waals surface area contributed by atoms with Gasteiger partial charge < -0.3 is 15.2 Å². The summed E-state index contributed by atoms with van der Waals surface area (Å²) in [5.74, 6) is 1.40. The Kier molecular flexibility index (Phi) is 5.41. The number of methoxy groups -OCH3 is 1. The summed E-state index contributed by atoms with van der Waals surface area (Å²) < 4.78 is 5.38. The number of carbonyl (C=O) groups is 1. The predicted octanol–water partition coefficient (Wildman–Crippen LogP) is 2.60. The molecular weight excluding hydrogens is 304 g/mol. The topological polar surface area (TPSA) is 61.8 Å². The second-order valence-corrected chi connectivity index (χ2v) is 7.28. The van der Waals surface area contributed by atoms with Crippen LogP contribution in [0, 0.1) is 11.8 Å². The minimum absolute atomic E-state index is 0.273. The van der Waals surface area contributed by atoms with Crippen molar-refractivity contribution in [1.29, 1.82) is 0 Å². The maximum Gasteiger partial charge on any atom is 0.335 e. The number of ether oxygens (including phenoxy) is 1. The predicted molar refractivity (Wildman–Crippen MR) is 93.5 cm³/mol. The highest BCUT2D eigenvalue weighted by Crippen LogP contribution is 2.30. The second kappa shape index (κ2) is 7.53. The number of carboxylic acids is 1. The fourth-order valence-corrected chi connectivity index (χ4v) is 3.52. The van der Waals surface area contributed by atoms with Crippen LogP contribution in [0.15, 0.2) is 18.2 Å². The lowest BCUT2D eigenvalue weighted by atomic mass is 9.96. The highest BCUT2D eigenvalue weighted by Gasteiger charge is 2.32. The van der Waals surface area contributed by atoms with Crippen LogP contribution in [0.1, 0.15) is 42.1 Å². The number of aromatic carboxylic acids is 1. The van der Waals surface area contributed by atoms with Crippen LogP contribution in [0.5, 0.6) is 5.75 Å². The van der Waals surface area contributed by atoms with E-state index in [9.17, 15) is 4.79 Å². The van der Waals surface area contributed by atoms with Gasteiger partial charge in [0.25, 0.3) is 0 Å². The molecular formula is C19H28N2O3. The molecule has 2 fully saturated rings. The molecule has 0 unspecified atom stereocenters. The molecule has 2 atom stereocenters. The van der Waals surface area contributed by atoms with Gasteiger partial charge in [-0.2, -0.15) is 0 Å². The molecule has 1 saturated carbocycles. The largest absolute Gasteiger partial charge is 0.496 e. The molecule has 5 nitrogen and oxygen atoms in total. The highest BCUT2D eigenvalue weighted by molar-refractivity contribution is 5.88. The van der Waals surface area contributed by atoms with E-state index in [0.29, 0.717) is 5.75 Å². The molecule has 1 aliphatic carbocycles. The first-order valence-corrected chi connectivity index (χ1v) is 8.92. The van der Waals surface area contributed by atoms with Crippen molar-refractivity contribution in [1.82, 2.24) is 10.2 Å². The van der Waals surface area contributed by atoms with Crippen molar-refractivity contribution >= 4 is 5.97 Å². The zero-order valence-corrected chi connectivity index (χ0v) is 14.6. The highest BCUT2D eigenvalue weighted by atomic mass is 16.5. The molecule has 24 heavy (non-hydrogen) atoms. The molecule has 2 N–H and O–H groups in total. The van der Waals surface area contributed by atoms with Crippen LogP contribution in [-0.2, 0) is 6.54 Å². The van der Waals surface area contributed by atoms with Crippen LogP contribution in [0.3, 0.4) is 0 Å². The van der Waals surface area contributed by atoms with Crippen molar-refractivity contribution in [2.75, 3.05) is 26.7 Å². The normalized spacial score (nSPS) is 24.8. The summed E-state index contributed by atoms with van der Waals surface area (Å²) in [4.78, 5) is 13.5. The maximum absolute atomic E-state index is 11.1. The van der Waals surface area contributed by atoms with E-state index < -0.39 is 5.97 Å². The molecule has 2 aliphatic rings. The van der Waals surface area contributed by atoms with Crippen LogP contribution < -0.4 is 10.1 Å². The Balaban J connectivity index is 1.49. The van der Waals surface area contributed by atoms with Crippen LogP contribution in [0.25, 0.3) is 0 Å². The van der Waals surface area contributed by atoms with Gasteiger partial charge in [0.05, 0.1) is 12.7 Å². The van der Waals surface area contributed by atoms with Gasteiger partial charge in [-0.3, -0.25) is 4.90 Å². The third-order valence-corrected chi connectivity index (χ3v) is 5.41. The molecule has 1 aromatic rings. The van der Waals surface area contributed by atoms with Crippen molar-refractivity contribution in [3.8, 4) is 5.75 Å². The van der Waals surface area contributed by atoms with Gasteiger partial charge in [-0.1, -0.05) is 13.0 Å². The Morgan fingerprint density at radius 3 is 2.67 bits per heavy atom. The Morgan fingerprint density at radius 2 is 2.08 bits per heavy atom. The number of hydrogen-bond acceptors (Lipinski definition) is 4. The third kappa shape index (κ3) is 4.28. The first-order chi connectivity index (χ1) is 11.6. The SMILES string of the molecule is COc1cc(C(=O)O)ccc1CN1CCC(CN[C@@H]2C[C@H]2C)CC1. The lowest BCUT2D eigenvalue weighted by Crippen LogP contribution is -2.37. The average Bonchev–Trinajstić information content (AvgIpc) is 3.30. The van der Waals surface area contributed by atoms with Crippen molar-refractivity contribution in [3.63, 3.8) is 0 Å². The van der Waals surface area contributed by atoms with Crippen LogP contribution in [-0.4, -0.2) is 48.8 Å². The number of benzene rings is 1. The van der Waals surface area contributed by atoms with Crippen molar-refractivity contribution in [2.24, 2.45) is 11.8 Å². The lowest BCUT2D eigenvalue weighted by molar-refractivity contribution is 0.0696.